The third kappa shape index (κ3) is 3.80. The van der Waals surface area contributed by atoms with Gasteiger partial charge in [0.25, 0.3) is 0 Å². The molecule has 0 amide bonds. The molecular formula is C18H17Cl2FN6O. The number of nitrogens with one attached hydrogen (secondary N) is 1. The number of hydrogen-bond acceptors (Lipinski definition) is 7. The highest BCUT2D eigenvalue weighted by Crippen LogP contribution is 2.34. The topological polar surface area (TPSA) is 76.1 Å². The maximum atomic E-state index is 14.4. The lowest BCUT2D eigenvalue weighted by atomic mass is 10.1. The van der Waals surface area contributed by atoms with E-state index in [0.717, 1.165) is 26.1 Å². The van der Waals surface area contributed by atoms with Crippen molar-refractivity contribution in [2.45, 2.75) is 6.42 Å². The molecule has 1 saturated heterocycles. The van der Waals surface area contributed by atoms with Gasteiger partial charge in [0.1, 0.15) is 11.8 Å². The van der Waals surface area contributed by atoms with E-state index in [4.69, 9.17) is 27.9 Å². The molecule has 2 aromatic heterocycles. The summed E-state index contributed by atoms with van der Waals surface area (Å²) in [4.78, 5) is 19.2. The molecule has 1 N–H and O–H groups in total. The summed E-state index contributed by atoms with van der Waals surface area (Å²) >= 11 is 11.7. The van der Waals surface area contributed by atoms with Crippen LogP contribution in [-0.2, 0) is 0 Å². The number of benzene rings is 1. The van der Waals surface area contributed by atoms with E-state index >= 15 is 0 Å². The van der Waals surface area contributed by atoms with E-state index in [1.54, 1.807) is 6.20 Å². The first-order valence-corrected chi connectivity index (χ1v) is 9.49. The Morgan fingerprint density at radius 2 is 2.14 bits per heavy atom. The van der Waals surface area contributed by atoms with Crippen molar-refractivity contribution in [2.24, 2.45) is 5.92 Å². The minimum atomic E-state index is -0.763. The first-order chi connectivity index (χ1) is 13.5. The number of ether oxygens (including phenoxy) is 1. The second-order valence-corrected chi connectivity index (χ2v) is 7.38. The lowest BCUT2D eigenvalue weighted by Gasteiger charge is -2.20. The van der Waals surface area contributed by atoms with Crippen LogP contribution in [0.15, 0.2) is 24.7 Å². The van der Waals surface area contributed by atoms with Gasteiger partial charge in [0, 0.05) is 13.6 Å². The molecule has 10 heteroatoms. The average Bonchev–Trinajstić information content (AvgIpc) is 3.21. The molecule has 4 rings (SSSR count). The van der Waals surface area contributed by atoms with Gasteiger partial charge in [0.2, 0.25) is 11.8 Å². The van der Waals surface area contributed by atoms with Crippen LogP contribution < -0.4 is 15.0 Å². The van der Waals surface area contributed by atoms with Gasteiger partial charge >= 0.3 is 0 Å². The number of aromatic nitrogens is 4. The first-order valence-electron chi connectivity index (χ1n) is 8.74. The molecule has 3 heterocycles. The summed E-state index contributed by atoms with van der Waals surface area (Å²) in [5.74, 6) is 0.314. The molecular weight excluding hydrogens is 406 g/mol. The lowest BCUT2D eigenvalue weighted by molar-refractivity contribution is 0.431. The smallest absolute Gasteiger partial charge is 0.249 e. The third-order valence-corrected chi connectivity index (χ3v) is 5.35. The summed E-state index contributed by atoms with van der Waals surface area (Å²) in [5.41, 5.74) is 0.875. The second kappa shape index (κ2) is 7.98. The van der Waals surface area contributed by atoms with Crippen LogP contribution in [0.4, 0.5) is 10.3 Å². The summed E-state index contributed by atoms with van der Waals surface area (Å²) in [6.45, 7) is 2.83. The minimum Gasteiger partial charge on any atom is -0.434 e. The van der Waals surface area contributed by atoms with Crippen LogP contribution in [0.5, 0.6) is 11.6 Å². The summed E-state index contributed by atoms with van der Waals surface area (Å²) < 4.78 is 20.0. The van der Waals surface area contributed by atoms with Crippen LogP contribution in [0.25, 0.3) is 11.0 Å². The van der Waals surface area contributed by atoms with Gasteiger partial charge in [0.05, 0.1) is 16.2 Å². The number of halogens is 3. The van der Waals surface area contributed by atoms with Crippen molar-refractivity contribution in [2.75, 3.05) is 31.6 Å². The molecule has 0 aliphatic carbocycles. The standard InChI is InChI=1S/C18H17Cl2FN6O/c1-27(8-10-4-5-22-6-10)18-23-7-12-16(26-18)17(25-9-24-12)28-13-3-2-11(19)14(20)15(13)21/h2-3,7,9-10,22H,4-6,8H2,1H3/t10-/m0/s1. The monoisotopic (exact) mass is 422 g/mol. The quantitative estimate of drug-likeness (QED) is 0.627. The van der Waals surface area contributed by atoms with Crippen molar-refractivity contribution in [1.82, 2.24) is 25.3 Å². The fourth-order valence-electron chi connectivity index (χ4n) is 3.11. The summed E-state index contributed by atoms with van der Waals surface area (Å²) in [7, 11) is 1.93. The van der Waals surface area contributed by atoms with E-state index in [2.05, 4.69) is 25.3 Å². The van der Waals surface area contributed by atoms with E-state index in [-0.39, 0.29) is 21.7 Å². The molecule has 7 nitrogen and oxygen atoms in total. The summed E-state index contributed by atoms with van der Waals surface area (Å²) in [6.07, 6.45) is 4.02. The minimum absolute atomic E-state index is 0.0973. The summed E-state index contributed by atoms with van der Waals surface area (Å²) in [6, 6.07) is 2.84. The van der Waals surface area contributed by atoms with Crippen molar-refractivity contribution < 1.29 is 9.13 Å². The zero-order valence-corrected chi connectivity index (χ0v) is 16.5. The van der Waals surface area contributed by atoms with E-state index in [9.17, 15) is 4.39 Å². The maximum Gasteiger partial charge on any atom is 0.249 e. The third-order valence-electron chi connectivity index (χ3n) is 4.57. The highest BCUT2D eigenvalue weighted by molar-refractivity contribution is 6.42. The Morgan fingerprint density at radius 1 is 1.29 bits per heavy atom. The fourth-order valence-corrected chi connectivity index (χ4v) is 3.41. The Bertz CT molecular complexity index is 1010. The van der Waals surface area contributed by atoms with E-state index in [1.807, 2.05) is 11.9 Å². The van der Waals surface area contributed by atoms with Crippen LogP contribution in [0, 0.1) is 11.7 Å². The van der Waals surface area contributed by atoms with Gasteiger partial charge in [-0.15, -0.1) is 0 Å². The Morgan fingerprint density at radius 3 is 2.93 bits per heavy atom. The number of anilines is 1. The van der Waals surface area contributed by atoms with Crippen LogP contribution in [-0.4, -0.2) is 46.6 Å². The maximum absolute atomic E-state index is 14.4. The van der Waals surface area contributed by atoms with Crippen LogP contribution >= 0.6 is 23.2 Å². The molecule has 1 atom stereocenters. The Hall–Kier alpha value is -2.29. The van der Waals surface area contributed by atoms with Gasteiger partial charge in [-0.2, -0.15) is 4.98 Å². The van der Waals surface area contributed by atoms with E-state index in [0.29, 0.717) is 22.9 Å². The Kier molecular flexibility index (Phi) is 5.43. The van der Waals surface area contributed by atoms with Gasteiger partial charge < -0.3 is 15.0 Å². The molecule has 1 aliphatic heterocycles. The lowest BCUT2D eigenvalue weighted by Crippen LogP contribution is -2.28. The number of rotatable bonds is 5. The number of fused-ring (bicyclic) bond motifs is 1. The van der Waals surface area contributed by atoms with Crippen LogP contribution in [0.2, 0.25) is 10.0 Å². The van der Waals surface area contributed by atoms with Crippen LogP contribution in [0.3, 0.4) is 0 Å². The molecule has 0 saturated carbocycles. The van der Waals surface area contributed by atoms with Crippen molar-refractivity contribution in [3.8, 4) is 11.6 Å². The largest absolute Gasteiger partial charge is 0.434 e. The van der Waals surface area contributed by atoms with Gasteiger partial charge in [-0.05, 0) is 37.6 Å². The molecule has 0 bridgehead atoms. The SMILES string of the molecule is CN(C[C@H]1CCNC1)c1ncc2ncnc(Oc3ccc(Cl)c(Cl)c3F)c2n1. The van der Waals surface area contributed by atoms with Gasteiger partial charge in [-0.3, -0.25) is 0 Å². The molecule has 0 unspecified atom stereocenters. The predicted octanol–water partition coefficient (Wildman–Crippen LogP) is 3.70. The Balaban J connectivity index is 1.66. The van der Waals surface area contributed by atoms with Gasteiger partial charge in [-0.1, -0.05) is 23.2 Å². The molecule has 0 spiro atoms. The van der Waals surface area contributed by atoms with Crippen molar-refractivity contribution in [1.29, 1.82) is 0 Å². The molecule has 1 aromatic carbocycles. The molecule has 1 aliphatic rings. The predicted molar refractivity (Wildman–Crippen MR) is 106 cm³/mol. The Labute approximate surface area is 170 Å². The highest BCUT2D eigenvalue weighted by Gasteiger charge is 2.20. The zero-order valence-electron chi connectivity index (χ0n) is 15.0. The molecule has 146 valence electrons. The second-order valence-electron chi connectivity index (χ2n) is 6.60. The van der Waals surface area contributed by atoms with Gasteiger partial charge in [0.15, 0.2) is 17.1 Å². The molecule has 28 heavy (non-hydrogen) atoms. The fraction of sp³-hybridized carbons (Fsp3) is 0.333. The number of nitrogens with zero attached hydrogens (tertiary/aromatic N) is 5. The van der Waals surface area contributed by atoms with E-state index in [1.165, 1.54) is 18.5 Å². The zero-order chi connectivity index (χ0) is 19.7. The first kappa shape index (κ1) is 19.0. The van der Waals surface area contributed by atoms with Crippen molar-refractivity contribution >= 4 is 40.2 Å². The normalized spacial score (nSPS) is 16.5. The average molecular weight is 423 g/mol. The van der Waals surface area contributed by atoms with Gasteiger partial charge in [-0.25, -0.2) is 19.3 Å². The van der Waals surface area contributed by atoms with Crippen molar-refractivity contribution in [3.05, 3.63) is 40.5 Å². The molecule has 0 radical (unpaired) electrons. The van der Waals surface area contributed by atoms with Crippen LogP contribution in [0.1, 0.15) is 6.42 Å². The van der Waals surface area contributed by atoms with E-state index < -0.39 is 5.82 Å². The van der Waals surface area contributed by atoms with Crippen molar-refractivity contribution in [3.63, 3.8) is 0 Å². The summed E-state index contributed by atoms with van der Waals surface area (Å²) in [5, 5.41) is 3.24. The molecule has 3 aromatic rings. The highest BCUT2D eigenvalue weighted by atomic mass is 35.5. The number of hydrogen-bond donors (Lipinski definition) is 1. The molecule has 1 fully saturated rings.